The van der Waals surface area contributed by atoms with E-state index in [-0.39, 0.29) is 11.9 Å². The van der Waals surface area contributed by atoms with Crippen LogP contribution in [0.4, 0.5) is 0 Å². The molecular weight excluding hydrogens is 272 g/mol. The minimum Gasteiger partial charge on any atom is -0.346 e. The van der Waals surface area contributed by atoms with Gasteiger partial charge >= 0.3 is 0 Å². The first-order chi connectivity index (χ1) is 10.3. The van der Waals surface area contributed by atoms with Crippen LogP contribution in [0, 0.1) is 28.6 Å². The van der Waals surface area contributed by atoms with Crippen LogP contribution < -0.4 is 0 Å². The molecule has 0 amide bonds. The molecule has 22 heavy (non-hydrogen) atoms. The predicted octanol–water partition coefficient (Wildman–Crippen LogP) is 4.94. The summed E-state index contributed by atoms with van der Waals surface area (Å²) in [7, 11) is 0. The SMILES string of the molecule is C=CCC[C@@H]1O[C@H]2C[C@@]34C[C@H](C(C)(C)[C@@H]3CC[C@H]4C)[C@@]2(C)O1. The molecule has 2 nitrogen and oxygen atoms in total. The second-order valence-corrected chi connectivity index (χ2v) is 9.27. The van der Waals surface area contributed by atoms with Crippen LogP contribution in [0.5, 0.6) is 0 Å². The fourth-order valence-corrected chi connectivity index (χ4v) is 7.03. The van der Waals surface area contributed by atoms with Crippen molar-refractivity contribution in [3.63, 3.8) is 0 Å². The van der Waals surface area contributed by atoms with Crippen molar-refractivity contribution in [2.75, 3.05) is 0 Å². The molecule has 2 bridgehead atoms. The van der Waals surface area contributed by atoms with Crippen LogP contribution in [-0.4, -0.2) is 18.0 Å². The van der Waals surface area contributed by atoms with Crippen molar-refractivity contribution in [3.05, 3.63) is 12.7 Å². The molecule has 1 spiro atoms. The second kappa shape index (κ2) is 4.60. The molecule has 1 aliphatic heterocycles. The van der Waals surface area contributed by atoms with Gasteiger partial charge in [-0.25, -0.2) is 0 Å². The Labute approximate surface area is 135 Å². The number of ether oxygens (including phenoxy) is 2. The summed E-state index contributed by atoms with van der Waals surface area (Å²) in [4.78, 5) is 0. The number of allylic oxidation sites excluding steroid dienone is 1. The first kappa shape index (κ1) is 15.2. The monoisotopic (exact) mass is 304 g/mol. The van der Waals surface area contributed by atoms with E-state index >= 15 is 0 Å². The van der Waals surface area contributed by atoms with E-state index in [9.17, 15) is 0 Å². The van der Waals surface area contributed by atoms with Crippen LogP contribution in [-0.2, 0) is 9.47 Å². The predicted molar refractivity (Wildman–Crippen MR) is 88.4 cm³/mol. The highest BCUT2D eigenvalue weighted by molar-refractivity contribution is 5.21. The van der Waals surface area contributed by atoms with Crippen molar-refractivity contribution in [2.24, 2.45) is 28.6 Å². The Kier molecular flexibility index (Phi) is 3.18. The summed E-state index contributed by atoms with van der Waals surface area (Å²) in [6.45, 7) is 13.7. The van der Waals surface area contributed by atoms with Gasteiger partial charge in [0.1, 0.15) is 0 Å². The Hall–Kier alpha value is -0.340. The van der Waals surface area contributed by atoms with E-state index in [4.69, 9.17) is 9.47 Å². The fraction of sp³-hybridized carbons (Fsp3) is 0.900. The van der Waals surface area contributed by atoms with Crippen molar-refractivity contribution >= 4 is 0 Å². The molecule has 1 heterocycles. The number of hydrogen-bond donors (Lipinski definition) is 0. The van der Waals surface area contributed by atoms with Gasteiger partial charge in [-0.15, -0.1) is 6.58 Å². The third-order valence-electron chi connectivity index (χ3n) is 8.15. The summed E-state index contributed by atoms with van der Waals surface area (Å²) < 4.78 is 13.0. The molecule has 2 heteroatoms. The molecule has 0 aromatic heterocycles. The average Bonchev–Trinajstić information content (AvgIpc) is 3.01. The van der Waals surface area contributed by atoms with E-state index in [2.05, 4.69) is 34.3 Å². The van der Waals surface area contributed by atoms with Crippen molar-refractivity contribution in [2.45, 2.75) is 84.2 Å². The third-order valence-corrected chi connectivity index (χ3v) is 8.15. The van der Waals surface area contributed by atoms with Gasteiger partial charge in [-0.05, 0) is 67.6 Å². The Bertz CT molecular complexity index is 484. The van der Waals surface area contributed by atoms with E-state index in [1.165, 1.54) is 25.7 Å². The first-order valence-electron chi connectivity index (χ1n) is 9.29. The van der Waals surface area contributed by atoms with Crippen molar-refractivity contribution in [1.29, 1.82) is 0 Å². The maximum absolute atomic E-state index is 6.55. The zero-order chi connectivity index (χ0) is 15.8. The summed E-state index contributed by atoms with van der Waals surface area (Å²) in [6.07, 6.45) is 9.58. The minimum absolute atomic E-state index is 0.0188. The van der Waals surface area contributed by atoms with Crippen LogP contribution in [0.15, 0.2) is 12.7 Å². The van der Waals surface area contributed by atoms with Gasteiger partial charge in [0.25, 0.3) is 0 Å². The molecule has 0 aromatic rings. The number of hydrogen-bond acceptors (Lipinski definition) is 2. The highest BCUT2D eigenvalue weighted by atomic mass is 16.7. The Morgan fingerprint density at radius 3 is 2.64 bits per heavy atom. The average molecular weight is 304 g/mol. The van der Waals surface area contributed by atoms with Gasteiger partial charge in [-0.3, -0.25) is 0 Å². The summed E-state index contributed by atoms with van der Waals surface area (Å²) in [6, 6.07) is 0. The van der Waals surface area contributed by atoms with Crippen LogP contribution in [0.3, 0.4) is 0 Å². The zero-order valence-electron chi connectivity index (χ0n) is 14.7. The van der Waals surface area contributed by atoms with E-state index in [0.717, 1.165) is 24.7 Å². The van der Waals surface area contributed by atoms with Gasteiger partial charge in [0, 0.05) is 6.42 Å². The maximum Gasteiger partial charge on any atom is 0.159 e. The lowest BCUT2D eigenvalue weighted by Gasteiger charge is -2.47. The second-order valence-electron chi connectivity index (χ2n) is 9.27. The summed E-state index contributed by atoms with van der Waals surface area (Å²) >= 11 is 0. The normalized spacial score (nSPS) is 55.0. The molecule has 0 unspecified atom stereocenters. The zero-order valence-corrected chi connectivity index (χ0v) is 14.7. The van der Waals surface area contributed by atoms with Gasteiger partial charge in [0.05, 0.1) is 11.7 Å². The maximum atomic E-state index is 6.55. The standard InChI is InChI=1S/C20H32O2/c1-6-7-8-17-21-16-12-20-11-15(19(16,5)22-17)18(3,4)14(20)10-9-13(20)2/h6,13-17H,1,7-12H2,2-5H3/t13-,14+,15-,16+,17-,19-,20-/m1/s1. The molecular formula is C20H32O2. The minimum atomic E-state index is -0.0787. The molecule has 124 valence electrons. The van der Waals surface area contributed by atoms with E-state index in [0.29, 0.717) is 22.9 Å². The van der Waals surface area contributed by atoms with Crippen LogP contribution >= 0.6 is 0 Å². The van der Waals surface area contributed by atoms with Crippen molar-refractivity contribution in [1.82, 2.24) is 0 Å². The third kappa shape index (κ3) is 1.69. The smallest absolute Gasteiger partial charge is 0.159 e. The molecule has 0 aromatic carbocycles. The molecule has 0 N–H and O–H groups in total. The summed E-state index contributed by atoms with van der Waals surface area (Å²) in [5, 5.41) is 0. The topological polar surface area (TPSA) is 18.5 Å². The Morgan fingerprint density at radius 2 is 1.91 bits per heavy atom. The highest BCUT2D eigenvalue weighted by Gasteiger charge is 2.73. The number of rotatable bonds is 3. The quantitative estimate of drug-likeness (QED) is 0.688. The summed E-state index contributed by atoms with van der Waals surface area (Å²) in [5.74, 6) is 2.35. The Morgan fingerprint density at radius 1 is 1.14 bits per heavy atom. The molecule has 0 radical (unpaired) electrons. The lowest BCUT2D eigenvalue weighted by Crippen LogP contribution is -2.52. The van der Waals surface area contributed by atoms with Crippen LogP contribution in [0.1, 0.15) is 66.2 Å². The molecule has 4 rings (SSSR count). The molecule has 4 fully saturated rings. The fourth-order valence-electron chi connectivity index (χ4n) is 7.03. The van der Waals surface area contributed by atoms with Gasteiger partial charge in [0.2, 0.25) is 0 Å². The Balaban J connectivity index is 1.67. The van der Waals surface area contributed by atoms with Crippen molar-refractivity contribution in [3.8, 4) is 0 Å². The van der Waals surface area contributed by atoms with Crippen molar-refractivity contribution < 1.29 is 9.47 Å². The van der Waals surface area contributed by atoms with E-state index < -0.39 is 0 Å². The molecule has 3 aliphatic carbocycles. The summed E-state index contributed by atoms with van der Waals surface area (Å²) in [5.41, 5.74) is 0.824. The van der Waals surface area contributed by atoms with Crippen LogP contribution in [0.2, 0.25) is 0 Å². The molecule has 1 saturated heterocycles. The molecule has 3 saturated carbocycles. The lowest BCUT2D eigenvalue weighted by molar-refractivity contribution is -0.122. The molecule has 4 aliphatic rings. The van der Waals surface area contributed by atoms with E-state index in [1.807, 2.05) is 6.08 Å². The van der Waals surface area contributed by atoms with Gasteiger partial charge in [-0.1, -0.05) is 26.8 Å². The molecule has 7 atom stereocenters. The number of fused-ring (bicyclic) bond motifs is 3. The van der Waals surface area contributed by atoms with Gasteiger partial charge in [0.15, 0.2) is 6.29 Å². The first-order valence-corrected chi connectivity index (χ1v) is 9.29. The van der Waals surface area contributed by atoms with E-state index in [1.54, 1.807) is 0 Å². The van der Waals surface area contributed by atoms with Crippen LogP contribution in [0.25, 0.3) is 0 Å². The van der Waals surface area contributed by atoms with Gasteiger partial charge < -0.3 is 9.47 Å². The highest BCUT2D eigenvalue weighted by Crippen LogP contribution is 2.74. The largest absolute Gasteiger partial charge is 0.346 e. The lowest BCUT2D eigenvalue weighted by atomic mass is 9.63. The van der Waals surface area contributed by atoms with Gasteiger partial charge in [-0.2, -0.15) is 0 Å².